The molecule has 0 saturated heterocycles. The van der Waals surface area contributed by atoms with Crippen LogP contribution in [0.4, 0.5) is 0 Å². The standard InChI is InChI=1S/C14H15NO4S/c1-2-15-14(16)13-9-8-11(19-13)10-20(17,18)12-6-4-3-5-7-12/h3-9H,2,10H2,1H3,(H,15,16). The molecular weight excluding hydrogens is 278 g/mol. The third-order valence-corrected chi connectivity index (χ3v) is 4.31. The van der Waals surface area contributed by atoms with Crippen LogP contribution >= 0.6 is 0 Å². The van der Waals surface area contributed by atoms with Crippen LogP contribution in [-0.4, -0.2) is 20.9 Å². The Morgan fingerprint density at radius 2 is 1.85 bits per heavy atom. The van der Waals surface area contributed by atoms with Gasteiger partial charge in [-0.25, -0.2) is 8.42 Å². The smallest absolute Gasteiger partial charge is 0.286 e. The highest BCUT2D eigenvalue weighted by molar-refractivity contribution is 7.90. The molecule has 6 heteroatoms. The Hall–Kier alpha value is -2.08. The number of sulfone groups is 1. The van der Waals surface area contributed by atoms with E-state index in [2.05, 4.69) is 5.32 Å². The second kappa shape index (κ2) is 5.92. The lowest BCUT2D eigenvalue weighted by atomic mass is 10.4. The lowest BCUT2D eigenvalue weighted by molar-refractivity contribution is 0.0926. The van der Waals surface area contributed by atoms with Crippen molar-refractivity contribution >= 4 is 15.7 Å². The number of rotatable bonds is 5. The van der Waals surface area contributed by atoms with Gasteiger partial charge in [-0.05, 0) is 31.2 Å². The van der Waals surface area contributed by atoms with Crippen LogP contribution in [0.1, 0.15) is 23.2 Å². The van der Waals surface area contributed by atoms with E-state index in [0.29, 0.717) is 6.54 Å². The van der Waals surface area contributed by atoms with E-state index >= 15 is 0 Å². The minimum atomic E-state index is -3.46. The van der Waals surface area contributed by atoms with E-state index in [0.717, 1.165) is 0 Å². The van der Waals surface area contributed by atoms with Crippen molar-refractivity contribution in [2.24, 2.45) is 0 Å². The lowest BCUT2D eigenvalue weighted by Gasteiger charge is -2.02. The van der Waals surface area contributed by atoms with Gasteiger partial charge in [0.05, 0.1) is 4.90 Å². The number of carbonyl (C=O) groups is 1. The number of hydrogen-bond acceptors (Lipinski definition) is 4. The quantitative estimate of drug-likeness (QED) is 0.914. The molecule has 0 unspecified atom stereocenters. The first-order valence-corrected chi connectivity index (χ1v) is 7.83. The monoisotopic (exact) mass is 293 g/mol. The summed E-state index contributed by atoms with van der Waals surface area (Å²) < 4.78 is 29.6. The van der Waals surface area contributed by atoms with Crippen LogP contribution in [0.5, 0.6) is 0 Å². The Bertz CT molecular complexity index is 689. The van der Waals surface area contributed by atoms with E-state index in [9.17, 15) is 13.2 Å². The van der Waals surface area contributed by atoms with Gasteiger partial charge in [-0.15, -0.1) is 0 Å². The first kappa shape index (κ1) is 14.3. The van der Waals surface area contributed by atoms with Crippen molar-refractivity contribution in [2.75, 3.05) is 6.54 Å². The Balaban J connectivity index is 2.17. The molecule has 106 valence electrons. The molecule has 0 aliphatic rings. The first-order valence-electron chi connectivity index (χ1n) is 6.17. The minimum Gasteiger partial charge on any atom is -0.455 e. The maximum Gasteiger partial charge on any atom is 0.286 e. The van der Waals surface area contributed by atoms with Gasteiger partial charge in [-0.2, -0.15) is 0 Å². The fraction of sp³-hybridized carbons (Fsp3) is 0.214. The van der Waals surface area contributed by atoms with Gasteiger partial charge in [0, 0.05) is 6.54 Å². The van der Waals surface area contributed by atoms with Crippen LogP contribution in [0.3, 0.4) is 0 Å². The van der Waals surface area contributed by atoms with Crippen molar-refractivity contribution < 1.29 is 17.6 Å². The highest BCUT2D eigenvalue weighted by Crippen LogP contribution is 2.17. The SMILES string of the molecule is CCNC(=O)c1ccc(CS(=O)(=O)c2ccccc2)o1. The molecule has 5 nitrogen and oxygen atoms in total. The highest BCUT2D eigenvalue weighted by atomic mass is 32.2. The molecule has 2 rings (SSSR count). The Morgan fingerprint density at radius 1 is 1.15 bits per heavy atom. The zero-order chi connectivity index (χ0) is 14.6. The van der Waals surface area contributed by atoms with Crippen molar-refractivity contribution in [1.82, 2.24) is 5.32 Å². The Labute approximate surface area is 117 Å². The normalized spacial score (nSPS) is 11.2. The molecule has 0 bridgehead atoms. The van der Waals surface area contributed by atoms with Gasteiger partial charge in [0.25, 0.3) is 5.91 Å². The molecule has 1 aromatic carbocycles. The Morgan fingerprint density at radius 3 is 2.50 bits per heavy atom. The summed E-state index contributed by atoms with van der Waals surface area (Å²) in [7, 11) is -3.46. The summed E-state index contributed by atoms with van der Waals surface area (Å²) in [5, 5.41) is 2.59. The summed E-state index contributed by atoms with van der Waals surface area (Å²) in [5.74, 6) is -0.257. The molecule has 0 atom stereocenters. The van der Waals surface area contributed by atoms with Gasteiger partial charge in [-0.3, -0.25) is 4.79 Å². The topological polar surface area (TPSA) is 76.4 Å². The summed E-state index contributed by atoms with van der Waals surface area (Å²) in [6.45, 7) is 2.28. The van der Waals surface area contributed by atoms with E-state index in [1.54, 1.807) is 25.1 Å². The van der Waals surface area contributed by atoms with E-state index in [1.807, 2.05) is 0 Å². The van der Waals surface area contributed by atoms with Crippen molar-refractivity contribution in [3.8, 4) is 0 Å². The average Bonchev–Trinajstić information content (AvgIpc) is 2.88. The molecule has 0 spiro atoms. The lowest BCUT2D eigenvalue weighted by Crippen LogP contribution is -2.21. The molecule has 0 radical (unpaired) electrons. The van der Waals surface area contributed by atoms with Crippen LogP contribution in [0, 0.1) is 0 Å². The third-order valence-electron chi connectivity index (χ3n) is 2.66. The molecule has 1 aromatic heterocycles. The molecule has 1 heterocycles. The molecule has 0 saturated carbocycles. The number of carbonyl (C=O) groups excluding carboxylic acids is 1. The molecule has 1 amide bonds. The zero-order valence-corrected chi connectivity index (χ0v) is 11.8. The summed E-state index contributed by atoms with van der Waals surface area (Å²) in [6, 6.07) is 11.1. The van der Waals surface area contributed by atoms with E-state index in [1.165, 1.54) is 24.3 Å². The summed E-state index contributed by atoms with van der Waals surface area (Å²) in [6.07, 6.45) is 0. The molecule has 0 aliphatic heterocycles. The number of nitrogens with one attached hydrogen (secondary N) is 1. The second-order valence-corrected chi connectivity index (χ2v) is 6.19. The van der Waals surface area contributed by atoms with Crippen molar-refractivity contribution in [1.29, 1.82) is 0 Å². The summed E-state index contributed by atoms with van der Waals surface area (Å²) in [4.78, 5) is 11.8. The minimum absolute atomic E-state index is 0.116. The summed E-state index contributed by atoms with van der Waals surface area (Å²) in [5.41, 5.74) is 0. The molecular formula is C14H15NO4S. The van der Waals surface area contributed by atoms with E-state index in [-0.39, 0.29) is 28.1 Å². The number of hydrogen-bond donors (Lipinski definition) is 1. The van der Waals surface area contributed by atoms with Gasteiger partial charge in [0.1, 0.15) is 11.5 Å². The zero-order valence-electron chi connectivity index (χ0n) is 11.0. The summed E-state index contributed by atoms with van der Waals surface area (Å²) >= 11 is 0. The van der Waals surface area contributed by atoms with E-state index in [4.69, 9.17) is 4.42 Å². The van der Waals surface area contributed by atoms with Gasteiger partial charge < -0.3 is 9.73 Å². The molecule has 2 aromatic rings. The average molecular weight is 293 g/mol. The van der Waals surface area contributed by atoms with E-state index < -0.39 is 9.84 Å². The van der Waals surface area contributed by atoms with Crippen molar-refractivity contribution in [3.05, 3.63) is 54.0 Å². The fourth-order valence-electron chi connectivity index (χ4n) is 1.72. The maximum atomic E-state index is 12.1. The van der Waals surface area contributed by atoms with Gasteiger partial charge in [0.15, 0.2) is 15.6 Å². The first-order chi connectivity index (χ1) is 9.53. The number of amides is 1. The second-order valence-electron chi connectivity index (χ2n) is 4.20. The van der Waals surface area contributed by atoms with Crippen LogP contribution in [0.15, 0.2) is 51.8 Å². The van der Waals surface area contributed by atoms with Crippen molar-refractivity contribution in [3.63, 3.8) is 0 Å². The van der Waals surface area contributed by atoms with Crippen LogP contribution in [-0.2, 0) is 15.6 Å². The highest BCUT2D eigenvalue weighted by Gasteiger charge is 2.18. The third kappa shape index (κ3) is 3.27. The maximum absolute atomic E-state index is 12.1. The van der Waals surface area contributed by atoms with Crippen LogP contribution in [0.25, 0.3) is 0 Å². The fourth-order valence-corrected chi connectivity index (χ4v) is 2.99. The predicted octanol–water partition coefficient (Wildman–Crippen LogP) is 2.00. The molecule has 20 heavy (non-hydrogen) atoms. The Kier molecular flexibility index (Phi) is 4.24. The molecule has 0 fully saturated rings. The van der Waals surface area contributed by atoms with Crippen LogP contribution < -0.4 is 5.32 Å². The van der Waals surface area contributed by atoms with Crippen molar-refractivity contribution in [2.45, 2.75) is 17.6 Å². The van der Waals surface area contributed by atoms with Gasteiger partial charge in [-0.1, -0.05) is 18.2 Å². The van der Waals surface area contributed by atoms with Gasteiger partial charge >= 0.3 is 0 Å². The van der Waals surface area contributed by atoms with Crippen LogP contribution in [0.2, 0.25) is 0 Å². The molecule has 0 aliphatic carbocycles. The predicted molar refractivity (Wildman–Crippen MR) is 74.0 cm³/mol. The largest absolute Gasteiger partial charge is 0.455 e. The number of benzene rings is 1. The molecule has 1 N–H and O–H groups in total. The number of furan rings is 1. The van der Waals surface area contributed by atoms with Gasteiger partial charge in [0.2, 0.25) is 0 Å².